The minimum absolute atomic E-state index is 0.000354. The fourth-order valence-corrected chi connectivity index (χ4v) is 3.36. The van der Waals surface area contributed by atoms with Crippen molar-refractivity contribution in [1.29, 1.82) is 0 Å². The molecule has 0 bridgehead atoms. The molecule has 1 heterocycles. The Kier molecular flexibility index (Phi) is 6.96. The first-order valence-corrected chi connectivity index (χ1v) is 9.90. The summed E-state index contributed by atoms with van der Waals surface area (Å²) in [7, 11) is 0. The van der Waals surface area contributed by atoms with Gasteiger partial charge in [0.2, 0.25) is 11.8 Å². The molecule has 0 unspecified atom stereocenters. The van der Waals surface area contributed by atoms with Gasteiger partial charge in [0, 0.05) is 44.2 Å². The molecule has 2 N–H and O–H groups in total. The van der Waals surface area contributed by atoms with Gasteiger partial charge in [-0.1, -0.05) is 12.1 Å². The van der Waals surface area contributed by atoms with Crippen LogP contribution in [0, 0.1) is 10.1 Å². The number of halogens is 3. The first-order chi connectivity index (χ1) is 15.1. The molecule has 3 rings (SSSR count). The molecule has 0 atom stereocenters. The summed E-state index contributed by atoms with van der Waals surface area (Å²) < 4.78 is 38.3. The Morgan fingerprint density at radius 3 is 2.62 bits per heavy atom. The maximum Gasteiger partial charge on any atom is 0.416 e. The number of nitro groups is 1. The van der Waals surface area contributed by atoms with Gasteiger partial charge in [-0.15, -0.1) is 0 Å². The molecule has 0 aromatic heterocycles. The SMILES string of the molecule is O=C(CCNc1ccc(C(F)(F)F)cc1[N+](=O)[O-])NCc1cccc(N2CCCC2=O)c1. The predicted molar refractivity (Wildman–Crippen MR) is 111 cm³/mol. The number of hydrogen-bond donors (Lipinski definition) is 2. The minimum atomic E-state index is -4.69. The van der Waals surface area contributed by atoms with E-state index in [2.05, 4.69) is 10.6 Å². The summed E-state index contributed by atoms with van der Waals surface area (Å²) in [6.07, 6.45) is -3.40. The third-order valence-corrected chi connectivity index (χ3v) is 4.97. The number of alkyl halides is 3. The van der Waals surface area contributed by atoms with Crippen LogP contribution in [0.3, 0.4) is 0 Å². The molecule has 11 heteroatoms. The Hall–Kier alpha value is -3.63. The van der Waals surface area contributed by atoms with Gasteiger partial charge in [0.25, 0.3) is 5.69 Å². The van der Waals surface area contributed by atoms with Gasteiger partial charge >= 0.3 is 6.18 Å². The van der Waals surface area contributed by atoms with Crippen LogP contribution in [-0.4, -0.2) is 29.8 Å². The van der Waals surface area contributed by atoms with E-state index in [-0.39, 0.29) is 37.0 Å². The number of anilines is 2. The van der Waals surface area contributed by atoms with Crippen LogP contribution >= 0.6 is 0 Å². The monoisotopic (exact) mass is 450 g/mol. The fraction of sp³-hybridized carbons (Fsp3) is 0.333. The molecule has 1 aliphatic heterocycles. The maximum absolute atomic E-state index is 12.8. The van der Waals surface area contributed by atoms with Crippen molar-refractivity contribution in [2.75, 3.05) is 23.3 Å². The van der Waals surface area contributed by atoms with Crippen molar-refractivity contribution >= 4 is 28.9 Å². The zero-order valence-corrected chi connectivity index (χ0v) is 16.9. The van der Waals surface area contributed by atoms with Crippen molar-refractivity contribution in [2.24, 2.45) is 0 Å². The van der Waals surface area contributed by atoms with Crippen LogP contribution in [-0.2, 0) is 22.3 Å². The standard InChI is InChI=1S/C21H21F3N4O4/c22-21(23,24)15-6-7-17(18(12-15)28(31)32)25-9-8-19(29)26-13-14-3-1-4-16(11-14)27-10-2-5-20(27)30/h1,3-4,6-7,11-12,25H,2,5,8-10,13H2,(H,26,29). The van der Waals surface area contributed by atoms with Gasteiger partial charge in [0.15, 0.2) is 0 Å². The molecule has 1 aliphatic rings. The van der Waals surface area contributed by atoms with Crippen LogP contribution in [0.5, 0.6) is 0 Å². The summed E-state index contributed by atoms with van der Waals surface area (Å²) in [5, 5.41) is 16.4. The Labute approximate surface area is 181 Å². The van der Waals surface area contributed by atoms with E-state index < -0.39 is 22.4 Å². The first kappa shape index (κ1) is 23.0. The number of carbonyl (C=O) groups excluding carboxylic acids is 2. The molecule has 1 saturated heterocycles. The largest absolute Gasteiger partial charge is 0.416 e. The molecule has 170 valence electrons. The van der Waals surface area contributed by atoms with Gasteiger partial charge in [-0.25, -0.2) is 0 Å². The molecule has 0 aliphatic carbocycles. The topological polar surface area (TPSA) is 105 Å². The van der Waals surface area contributed by atoms with E-state index in [4.69, 9.17) is 0 Å². The van der Waals surface area contributed by atoms with Crippen LogP contribution in [0.15, 0.2) is 42.5 Å². The summed E-state index contributed by atoms with van der Waals surface area (Å²) in [6.45, 7) is 0.895. The molecule has 8 nitrogen and oxygen atoms in total. The first-order valence-electron chi connectivity index (χ1n) is 9.90. The van der Waals surface area contributed by atoms with E-state index in [0.29, 0.717) is 19.0 Å². The zero-order valence-electron chi connectivity index (χ0n) is 16.9. The second-order valence-electron chi connectivity index (χ2n) is 7.26. The molecule has 0 spiro atoms. The second kappa shape index (κ2) is 9.67. The summed E-state index contributed by atoms with van der Waals surface area (Å²) >= 11 is 0. The molecule has 1 fully saturated rings. The van der Waals surface area contributed by atoms with Crippen molar-refractivity contribution in [1.82, 2.24) is 5.32 Å². The molecule has 2 aromatic rings. The van der Waals surface area contributed by atoms with Crippen molar-refractivity contribution < 1.29 is 27.7 Å². The smallest absolute Gasteiger partial charge is 0.379 e. The van der Waals surface area contributed by atoms with Crippen LogP contribution in [0.2, 0.25) is 0 Å². The summed E-state index contributed by atoms with van der Waals surface area (Å²) in [5.74, 6) is -0.274. The molecular weight excluding hydrogens is 429 g/mol. The average Bonchev–Trinajstić information content (AvgIpc) is 3.17. The highest BCUT2D eigenvalue weighted by Gasteiger charge is 2.33. The molecule has 0 radical (unpaired) electrons. The van der Waals surface area contributed by atoms with Crippen molar-refractivity contribution in [3.63, 3.8) is 0 Å². The van der Waals surface area contributed by atoms with E-state index >= 15 is 0 Å². The normalized spacial score (nSPS) is 13.8. The van der Waals surface area contributed by atoms with Gasteiger partial charge in [0.1, 0.15) is 5.69 Å². The Morgan fingerprint density at radius 2 is 1.97 bits per heavy atom. The van der Waals surface area contributed by atoms with Gasteiger partial charge in [-0.2, -0.15) is 13.2 Å². The third kappa shape index (κ3) is 5.74. The highest BCUT2D eigenvalue weighted by molar-refractivity contribution is 5.95. The lowest BCUT2D eigenvalue weighted by Gasteiger charge is -2.16. The van der Waals surface area contributed by atoms with Crippen molar-refractivity contribution in [3.05, 3.63) is 63.7 Å². The summed E-state index contributed by atoms with van der Waals surface area (Å²) in [5.41, 5.74) is -0.352. The van der Waals surface area contributed by atoms with Gasteiger partial charge in [-0.05, 0) is 36.2 Å². The Balaban J connectivity index is 1.52. The zero-order chi connectivity index (χ0) is 23.3. The Bertz CT molecular complexity index is 1030. The molecule has 2 amide bonds. The lowest BCUT2D eigenvalue weighted by atomic mass is 10.1. The fourth-order valence-electron chi connectivity index (χ4n) is 3.36. The van der Waals surface area contributed by atoms with Gasteiger partial charge in [0.05, 0.1) is 10.5 Å². The molecule has 0 saturated carbocycles. The van der Waals surface area contributed by atoms with Crippen molar-refractivity contribution in [3.8, 4) is 0 Å². The summed E-state index contributed by atoms with van der Waals surface area (Å²) in [4.78, 5) is 35.9. The van der Waals surface area contributed by atoms with E-state index in [9.17, 15) is 32.9 Å². The average molecular weight is 450 g/mol. The number of nitro benzene ring substituents is 1. The number of nitrogens with one attached hydrogen (secondary N) is 2. The third-order valence-electron chi connectivity index (χ3n) is 4.97. The van der Waals surface area contributed by atoms with Gasteiger partial charge < -0.3 is 15.5 Å². The second-order valence-corrected chi connectivity index (χ2v) is 7.26. The maximum atomic E-state index is 12.8. The lowest BCUT2D eigenvalue weighted by Crippen LogP contribution is -2.26. The number of benzene rings is 2. The van der Waals surface area contributed by atoms with E-state index in [1.54, 1.807) is 11.0 Å². The number of amides is 2. The molecule has 32 heavy (non-hydrogen) atoms. The van der Waals surface area contributed by atoms with E-state index in [1.165, 1.54) is 0 Å². The predicted octanol–water partition coefficient (Wildman–Crippen LogP) is 3.86. The number of carbonyl (C=O) groups is 2. The van der Waals surface area contributed by atoms with Crippen molar-refractivity contribution in [2.45, 2.75) is 32.0 Å². The van der Waals surface area contributed by atoms with Crippen LogP contribution < -0.4 is 15.5 Å². The number of hydrogen-bond acceptors (Lipinski definition) is 5. The highest BCUT2D eigenvalue weighted by atomic mass is 19.4. The lowest BCUT2D eigenvalue weighted by molar-refractivity contribution is -0.384. The number of rotatable bonds is 8. The summed E-state index contributed by atoms with van der Waals surface area (Å²) in [6, 6.07) is 9.45. The van der Waals surface area contributed by atoms with E-state index in [1.807, 2.05) is 18.2 Å². The molecule has 2 aromatic carbocycles. The Morgan fingerprint density at radius 1 is 1.19 bits per heavy atom. The number of nitrogens with zero attached hydrogens (tertiary/aromatic N) is 2. The van der Waals surface area contributed by atoms with Gasteiger partial charge in [-0.3, -0.25) is 19.7 Å². The van der Waals surface area contributed by atoms with E-state index in [0.717, 1.165) is 29.8 Å². The van der Waals surface area contributed by atoms with Crippen LogP contribution in [0.25, 0.3) is 0 Å². The van der Waals surface area contributed by atoms with Crippen LogP contribution in [0.4, 0.5) is 30.2 Å². The molecular formula is C21H21F3N4O4. The van der Waals surface area contributed by atoms with Crippen LogP contribution in [0.1, 0.15) is 30.4 Å². The highest BCUT2D eigenvalue weighted by Crippen LogP contribution is 2.34. The quantitative estimate of drug-likeness (QED) is 0.470. The minimum Gasteiger partial charge on any atom is -0.379 e.